The van der Waals surface area contributed by atoms with E-state index in [1.54, 1.807) is 18.4 Å². The molecule has 1 aromatic carbocycles. The lowest BCUT2D eigenvalue weighted by Gasteiger charge is -2.17. The highest BCUT2D eigenvalue weighted by Crippen LogP contribution is 2.14. The van der Waals surface area contributed by atoms with Gasteiger partial charge in [-0.2, -0.15) is 0 Å². The van der Waals surface area contributed by atoms with E-state index >= 15 is 0 Å². The summed E-state index contributed by atoms with van der Waals surface area (Å²) in [6.45, 7) is 2.49. The molecule has 3 nitrogen and oxygen atoms in total. The average Bonchev–Trinajstić information content (AvgIpc) is 2.88. The van der Waals surface area contributed by atoms with Crippen molar-refractivity contribution in [2.75, 3.05) is 13.6 Å². The summed E-state index contributed by atoms with van der Waals surface area (Å²) in [7, 11) is -1.59. The molecule has 0 amide bonds. The van der Waals surface area contributed by atoms with Crippen LogP contribution in [-0.4, -0.2) is 26.3 Å². The molecule has 0 aliphatic rings. The van der Waals surface area contributed by atoms with E-state index in [4.69, 9.17) is 0 Å². The molecule has 0 N–H and O–H groups in total. The fourth-order valence-corrected chi connectivity index (χ4v) is 3.87. The summed E-state index contributed by atoms with van der Waals surface area (Å²) in [5, 5.41) is 2.01. The summed E-state index contributed by atoms with van der Waals surface area (Å²) in [4.78, 5) is 1.21. The van der Waals surface area contributed by atoms with Crippen molar-refractivity contribution in [1.29, 1.82) is 0 Å². The third-order valence-electron chi connectivity index (χ3n) is 3.16. The van der Waals surface area contributed by atoms with Crippen molar-refractivity contribution >= 4 is 21.4 Å². The third kappa shape index (κ3) is 4.16. The minimum absolute atomic E-state index is 0.0651. The zero-order chi connectivity index (χ0) is 14.6. The molecule has 0 bridgehead atoms. The molecule has 2 rings (SSSR count). The van der Waals surface area contributed by atoms with Gasteiger partial charge in [0.25, 0.3) is 0 Å². The third-order valence-corrected chi connectivity index (χ3v) is 5.93. The van der Waals surface area contributed by atoms with Gasteiger partial charge in [-0.05, 0) is 30.4 Å². The fourth-order valence-electron chi connectivity index (χ4n) is 1.98. The molecule has 0 radical (unpaired) electrons. The number of hydrogen-bond acceptors (Lipinski definition) is 3. The van der Waals surface area contributed by atoms with Crippen LogP contribution in [0.4, 0.5) is 0 Å². The largest absolute Gasteiger partial charge is 0.218 e. The zero-order valence-electron chi connectivity index (χ0n) is 11.7. The number of rotatable bonds is 6. The maximum atomic E-state index is 12.3. The molecule has 0 aliphatic heterocycles. The van der Waals surface area contributed by atoms with Gasteiger partial charge >= 0.3 is 0 Å². The topological polar surface area (TPSA) is 37.4 Å². The lowest BCUT2D eigenvalue weighted by molar-refractivity contribution is 0.472. The second kappa shape index (κ2) is 6.52. The van der Waals surface area contributed by atoms with E-state index in [1.807, 2.05) is 48.7 Å². The van der Waals surface area contributed by atoms with E-state index < -0.39 is 10.0 Å². The van der Waals surface area contributed by atoms with Gasteiger partial charge in [0.15, 0.2) is 0 Å². The van der Waals surface area contributed by atoms with Gasteiger partial charge in [-0.1, -0.05) is 35.9 Å². The lowest BCUT2D eigenvalue weighted by atomic mass is 10.2. The van der Waals surface area contributed by atoms with Gasteiger partial charge in [0.2, 0.25) is 10.0 Å². The predicted molar refractivity (Wildman–Crippen MR) is 84.5 cm³/mol. The maximum absolute atomic E-state index is 12.3. The standard InChI is InChI=1S/C15H19NO2S2/c1-13-5-3-6-14(11-13)12-20(17,18)16(2)9-8-15-7-4-10-19-15/h3-7,10-11H,8-9,12H2,1-2H3. The van der Waals surface area contributed by atoms with Crippen LogP contribution in [-0.2, 0) is 22.2 Å². The fraction of sp³-hybridized carbons (Fsp3) is 0.333. The van der Waals surface area contributed by atoms with Crippen LogP contribution in [0.1, 0.15) is 16.0 Å². The highest BCUT2D eigenvalue weighted by molar-refractivity contribution is 7.88. The van der Waals surface area contributed by atoms with Gasteiger partial charge < -0.3 is 0 Å². The summed E-state index contributed by atoms with van der Waals surface area (Å²) >= 11 is 1.66. The normalized spacial score (nSPS) is 11.9. The Morgan fingerprint density at radius 1 is 1.20 bits per heavy atom. The molecule has 5 heteroatoms. The quantitative estimate of drug-likeness (QED) is 0.822. The first kappa shape index (κ1) is 15.2. The van der Waals surface area contributed by atoms with Crippen LogP contribution in [0.2, 0.25) is 0 Å². The Labute approximate surface area is 124 Å². The molecule has 0 atom stereocenters. The monoisotopic (exact) mass is 309 g/mol. The zero-order valence-corrected chi connectivity index (χ0v) is 13.4. The first-order valence-corrected chi connectivity index (χ1v) is 8.98. The van der Waals surface area contributed by atoms with E-state index in [1.165, 1.54) is 9.18 Å². The number of aryl methyl sites for hydroxylation is 1. The van der Waals surface area contributed by atoms with Gasteiger partial charge in [-0.15, -0.1) is 11.3 Å². The highest BCUT2D eigenvalue weighted by Gasteiger charge is 2.18. The molecule has 1 heterocycles. The second-order valence-corrected chi connectivity index (χ2v) is 8.00. The van der Waals surface area contributed by atoms with Crippen molar-refractivity contribution in [1.82, 2.24) is 4.31 Å². The first-order valence-electron chi connectivity index (χ1n) is 6.49. The molecule has 2 aromatic rings. The lowest BCUT2D eigenvalue weighted by Crippen LogP contribution is -2.30. The Morgan fingerprint density at radius 2 is 2.00 bits per heavy atom. The summed E-state index contributed by atoms with van der Waals surface area (Å²) in [6, 6.07) is 11.7. The summed E-state index contributed by atoms with van der Waals surface area (Å²) in [5.74, 6) is 0.0651. The predicted octanol–water partition coefficient (Wildman–Crippen LogP) is 3.06. The van der Waals surface area contributed by atoms with Crippen LogP contribution in [0.25, 0.3) is 0 Å². The molecule has 0 spiro atoms. The van der Waals surface area contributed by atoms with E-state index in [0.29, 0.717) is 6.54 Å². The highest BCUT2D eigenvalue weighted by atomic mass is 32.2. The second-order valence-electron chi connectivity index (χ2n) is 4.90. The number of benzene rings is 1. The minimum atomic E-state index is -3.25. The molecule has 0 aliphatic carbocycles. The number of sulfonamides is 1. The Balaban J connectivity index is 1.98. The molecule has 0 fully saturated rings. The van der Waals surface area contributed by atoms with Crippen LogP contribution in [0.15, 0.2) is 41.8 Å². The van der Waals surface area contributed by atoms with Gasteiger partial charge in [-0.3, -0.25) is 0 Å². The molecule has 0 saturated carbocycles. The molecular weight excluding hydrogens is 290 g/mol. The summed E-state index contributed by atoms with van der Waals surface area (Å²) in [5.41, 5.74) is 1.92. The SMILES string of the molecule is Cc1cccc(CS(=O)(=O)N(C)CCc2cccs2)c1. The van der Waals surface area contributed by atoms with Crippen LogP contribution < -0.4 is 0 Å². The minimum Gasteiger partial charge on any atom is -0.212 e. The number of nitrogens with zero attached hydrogens (tertiary/aromatic N) is 1. The van der Waals surface area contributed by atoms with Gasteiger partial charge in [-0.25, -0.2) is 12.7 Å². The van der Waals surface area contributed by atoms with E-state index in [-0.39, 0.29) is 5.75 Å². The molecule has 0 saturated heterocycles. The molecule has 0 unspecified atom stereocenters. The molecular formula is C15H19NO2S2. The Kier molecular flexibility index (Phi) is 4.96. The van der Waals surface area contributed by atoms with Crippen LogP contribution in [0.5, 0.6) is 0 Å². The van der Waals surface area contributed by atoms with Crippen LogP contribution >= 0.6 is 11.3 Å². The summed E-state index contributed by atoms with van der Waals surface area (Å²) in [6.07, 6.45) is 0.765. The van der Waals surface area contributed by atoms with Crippen molar-refractivity contribution in [3.05, 3.63) is 57.8 Å². The van der Waals surface area contributed by atoms with Crippen molar-refractivity contribution in [2.45, 2.75) is 19.1 Å². The van der Waals surface area contributed by atoms with Crippen molar-refractivity contribution in [3.63, 3.8) is 0 Å². The van der Waals surface area contributed by atoms with Gasteiger partial charge in [0.1, 0.15) is 0 Å². The molecule has 1 aromatic heterocycles. The number of hydrogen-bond donors (Lipinski definition) is 0. The molecule has 20 heavy (non-hydrogen) atoms. The van der Waals surface area contributed by atoms with Crippen LogP contribution in [0.3, 0.4) is 0 Å². The number of likely N-dealkylation sites (N-methyl/N-ethyl adjacent to an activating group) is 1. The average molecular weight is 309 g/mol. The van der Waals surface area contributed by atoms with E-state index in [0.717, 1.165) is 17.5 Å². The van der Waals surface area contributed by atoms with Crippen molar-refractivity contribution < 1.29 is 8.42 Å². The van der Waals surface area contributed by atoms with Gasteiger partial charge in [0, 0.05) is 18.5 Å². The van der Waals surface area contributed by atoms with Crippen LogP contribution in [0, 0.1) is 6.92 Å². The van der Waals surface area contributed by atoms with Crippen molar-refractivity contribution in [3.8, 4) is 0 Å². The Morgan fingerprint density at radius 3 is 2.65 bits per heavy atom. The Bertz CT molecular complexity index is 648. The summed E-state index contributed by atoms with van der Waals surface area (Å²) < 4.78 is 26.1. The van der Waals surface area contributed by atoms with Crippen molar-refractivity contribution in [2.24, 2.45) is 0 Å². The first-order chi connectivity index (χ1) is 9.47. The van der Waals surface area contributed by atoms with Gasteiger partial charge in [0.05, 0.1) is 5.75 Å². The number of thiophene rings is 1. The molecule has 108 valence electrons. The smallest absolute Gasteiger partial charge is 0.212 e. The maximum Gasteiger partial charge on any atom is 0.218 e. The Hall–Kier alpha value is -1.17. The van der Waals surface area contributed by atoms with E-state index in [9.17, 15) is 8.42 Å². The van der Waals surface area contributed by atoms with E-state index in [2.05, 4.69) is 0 Å².